The van der Waals surface area contributed by atoms with E-state index in [1.54, 1.807) is 12.3 Å². The molecule has 0 saturated carbocycles. The Kier molecular flexibility index (Phi) is 2.38. The van der Waals surface area contributed by atoms with Crippen LogP contribution in [0.25, 0.3) is 11.6 Å². The zero-order valence-corrected chi connectivity index (χ0v) is 9.58. The van der Waals surface area contributed by atoms with Gasteiger partial charge >= 0.3 is 0 Å². The fourth-order valence-electron chi connectivity index (χ4n) is 1.93. The SMILES string of the molecule is O=C1Nc2ccc([N+](=O)[O-])cc2/C1=C/c1c[nH]cn1. The van der Waals surface area contributed by atoms with Gasteiger partial charge in [0.2, 0.25) is 0 Å². The third kappa shape index (κ3) is 1.86. The summed E-state index contributed by atoms with van der Waals surface area (Å²) in [6.07, 6.45) is 4.71. The summed E-state index contributed by atoms with van der Waals surface area (Å²) in [5.41, 5.74) is 1.98. The van der Waals surface area contributed by atoms with Gasteiger partial charge in [0.05, 0.1) is 22.5 Å². The molecule has 3 rings (SSSR count). The van der Waals surface area contributed by atoms with Crippen LogP contribution in [-0.2, 0) is 4.79 Å². The van der Waals surface area contributed by atoms with Crippen LogP contribution in [0.15, 0.2) is 30.7 Å². The number of anilines is 1. The average Bonchev–Trinajstić information content (AvgIpc) is 2.98. The molecule has 1 aromatic heterocycles. The number of hydrogen-bond donors (Lipinski definition) is 2. The maximum atomic E-state index is 11.9. The highest BCUT2D eigenvalue weighted by atomic mass is 16.6. The number of H-pyrrole nitrogens is 1. The van der Waals surface area contributed by atoms with Crippen LogP contribution in [0, 0.1) is 10.1 Å². The van der Waals surface area contributed by atoms with Gasteiger partial charge in [0.15, 0.2) is 0 Å². The van der Waals surface area contributed by atoms with Gasteiger partial charge in [-0.3, -0.25) is 14.9 Å². The van der Waals surface area contributed by atoms with Crippen molar-refractivity contribution in [1.29, 1.82) is 0 Å². The van der Waals surface area contributed by atoms with Crippen LogP contribution in [0.1, 0.15) is 11.3 Å². The van der Waals surface area contributed by atoms with E-state index < -0.39 is 4.92 Å². The van der Waals surface area contributed by atoms with Crippen LogP contribution < -0.4 is 5.32 Å². The number of nitrogens with one attached hydrogen (secondary N) is 2. The Morgan fingerprint density at radius 3 is 2.89 bits per heavy atom. The predicted octanol–water partition coefficient (Wildman–Crippen LogP) is 1.81. The minimum Gasteiger partial charge on any atom is -0.351 e. The molecule has 7 heteroatoms. The first-order valence-electron chi connectivity index (χ1n) is 5.46. The molecule has 0 aliphatic carbocycles. The van der Waals surface area contributed by atoms with Crippen molar-refractivity contribution in [2.45, 2.75) is 0 Å². The lowest BCUT2D eigenvalue weighted by Gasteiger charge is -1.97. The number of benzene rings is 1. The number of imidazole rings is 1. The van der Waals surface area contributed by atoms with Gasteiger partial charge in [-0.15, -0.1) is 0 Å². The van der Waals surface area contributed by atoms with E-state index in [-0.39, 0.29) is 11.6 Å². The molecule has 19 heavy (non-hydrogen) atoms. The lowest BCUT2D eigenvalue weighted by atomic mass is 10.1. The summed E-state index contributed by atoms with van der Waals surface area (Å²) < 4.78 is 0. The molecule has 7 nitrogen and oxygen atoms in total. The second kappa shape index (κ2) is 4.05. The summed E-state index contributed by atoms with van der Waals surface area (Å²) in [4.78, 5) is 28.9. The van der Waals surface area contributed by atoms with E-state index in [4.69, 9.17) is 0 Å². The van der Waals surface area contributed by atoms with Gasteiger partial charge in [0, 0.05) is 29.6 Å². The van der Waals surface area contributed by atoms with Crippen molar-refractivity contribution < 1.29 is 9.72 Å². The second-order valence-corrected chi connectivity index (χ2v) is 3.99. The van der Waals surface area contributed by atoms with Gasteiger partial charge in [-0.1, -0.05) is 0 Å². The van der Waals surface area contributed by atoms with Crippen LogP contribution >= 0.6 is 0 Å². The summed E-state index contributed by atoms with van der Waals surface area (Å²) >= 11 is 0. The van der Waals surface area contributed by atoms with Crippen molar-refractivity contribution in [2.24, 2.45) is 0 Å². The molecular formula is C12H8N4O3. The lowest BCUT2D eigenvalue weighted by molar-refractivity contribution is -0.384. The van der Waals surface area contributed by atoms with Crippen LogP contribution in [-0.4, -0.2) is 20.8 Å². The first-order valence-corrected chi connectivity index (χ1v) is 5.46. The number of non-ortho nitro benzene ring substituents is 1. The van der Waals surface area contributed by atoms with Crippen LogP contribution in [0.5, 0.6) is 0 Å². The van der Waals surface area contributed by atoms with Gasteiger partial charge in [-0.25, -0.2) is 4.98 Å². The topological polar surface area (TPSA) is 101 Å². The third-order valence-corrected chi connectivity index (χ3v) is 2.81. The van der Waals surface area contributed by atoms with Gasteiger partial charge in [0.25, 0.3) is 11.6 Å². The molecule has 0 spiro atoms. The number of hydrogen-bond acceptors (Lipinski definition) is 4. The van der Waals surface area contributed by atoms with E-state index in [2.05, 4.69) is 15.3 Å². The Balaban J connectivity index is 2.12. The summed E-state index contributed by atoms with van der Waals surface area (Å²) in [5, 5.41) is 13.4. The van der Waals surface area contributed by atoms with Gasteiger partial charge < -0.3 is 10.3 Å². The Labute approximate surface area is 107 Å². The van der Waals surface area contributed by atoms with Crippen molar-refractivity contribution in [2.75, 3.05) is 5.32 Å². The molecule has 2 heterocycles. The molecular weight excluding hydrogens is 248 g/mol. The zero-order valence-electron chi connectivity index (χ0n) is 9.58. The normalized spacial score (nSPS) is 15.4. The molecule has 2 aromatic rings. The molecule has 1 amide bonds. The molecule has 0 saturated heterocycles. The fourth-order valence-corrected chi connectivity index (χ4v) is 1.93. The van der Waals surface area contributed by atoms with Crippen molar-refractivity contribution in [3.05, 3.63) is 52.1 Å². The van der Waals surface area contributed by atoms with Crippen molar-refractivity contribution >= 4 is 28.9 Å². The number of nitrogens with zero attached hydrogens (tertiary/aromatic N) is 2. The highest BCUT2D eigenvalue weighted by molar-refractivity contribution is 6.34. The lowest BCUT2D eigenvalue weighted by Crippen LogP contribution is -2.03. The quantitative estimate of drug-likeness (QED) is 0.486. The predicted molar refractivity (Wildman–Crippen MR) is 68.2 cm³/mol. The van der Waals surface area contributed by atoms with Crippen LogP contribution in [0.4, 0.5) is 11.4 Å². The first kappa shape index (κ1) is 11.1. The third-order valence-electron chi connectivity index (χ3n) is 2.81. The molecule has 0 fully saturated rings. The van der Waals surface area contributed by atoms with E-state index in [9.17, 15) is 14.9 Å². The minimum atomic E-state index is -0.491. The van der Waals surface area contributed by atoms with E-state index in [0.29, 0.717) is 22.5 Å². The average molecular weight is 256 g/mol. The summed E-state index contributed by atoms with van der Waals surface area (Å²) in [6, 6.07) is 4.26. The molecule has 1 aromatic carbocycles. The number of carbonyl (C=O) groups excluding carboxylic acids is 1. The Hall–Kier alpha value is -2.96. The van der Waals surface area contributed by atoms with Crippen LogP contribution in [0.3, 0.4) is 0 Å². The highest BCUT2D eigenvalue weighted by Crippen LogP contribution is 2.35. The van der Waals surface area contributed by atoms with Crippen LogP contribution in [0.2, 0.25) is 0 Å². The first-order chi connectivity index (χ1) is 9.15. The molecule has 2 N–H and O–H groups in total. The number of fused-ring (bicyclic) bond motifs is 1. The van der Waals surface area contributed by atoms with E-state index in [1.165, 1.54) is 24.5 Å². The molecule has 0 unspecified atom stereocenters. The number of nitro benzene ring substituents is 1. The molecule has 0 radical (unpaired) electrons. The smallest absolute Gasteiger partial charge is 0.270 e. The second-order valence-electron chi connectivity index (χ2n) is 3.99. The van der Waals surface area contributed by atoms with Gasteiger partial charge in [-0.05, 0) is 12.1 Å². The Bertz CT molecular complexity index is 704. The fraction of sp³-hybridized carbons (Fsp3) is 0. The van der Waals surface area contributed by atoms with Crippen molar-refractivity contribution in [3.8, 4) is 0 Å². The molecule has 94 valence electrons. The molecule has 1 aliphatic rings. The Morgan fingerprint density at radius 1 is 1.37 bits per heavy atom. The Morgan fingerprint density at radius 2 is 2.21 bits per heavy atom. The number of aromatic nitrogens is 2. The number of rotatable bonds is 2. The van der Waals surface area contributed by atoms with E-state index in [0.717, 1.165) is 0 Å². The largest absolute Gasteiger partial charge is 0.351 e. The number of amides is 1. The van der Waals surface area contributed by atoms with E-state index in [1.807, 2.05) is 0 Å². The maximum Gasteiger partial charge on any atom is 0.270 e. The molecule has 0 bridgehead atoms. The number of aromatic amines is 1. The zero-order chi connectivity index (χ0) is 13.4. The number of carbonyl (C=O) groups is 1. The summed E-state index contributed by atoms with van der Waals surface area (Å²) in [6.45, 7) is 0. The van der Waals surface area contributed by atoms with Crippen molar-refractivity contribution in [1.82, 2.24) is 9.97 Å². The molecule has 1 aliphatic heterocycles. The van der Waals surface area contributed by atoms with Gasteiger partial charge in [0.1, 0.15) is 0 Å². The van der Waals surface area contributed by atoms with Gasteiger partial charge in [-0.2, -0.15) is 0 Å². The summed E-state index contributed by atoms with van der Waals surface area (Å²) in [5.74, 6) is -0.293. The highest BCUT2D eigenvalue weighted by Gasteiger charge is 2.26. The molecule has 0 atom stereocenters. The summed E-state index contributed by atoms with van der Waals surface area (Å²) in [7, 11) is 0. The number of nitro groups is 1. The standard InChI is InChI=1S/C12H8N4O3/c17-12-10(3-7-5-13-6-14-7)9-4-8(16(18)19)1-2-11(9)15-12/h1-6H,(H,13,14)(H,15,17)/b10-3-. The van der Waals surface area contributed by atoms with Crippen molar-refractivity contribution in [3.63, 3.8) is 0 Å². The monoisotopic (exact) mass is 256 g/mol. The maximum absolute atomic E-state index is 11.9. The van der Waals surface area contributed by atoms with E-state index >= 15 is 0 Å². The minimum absolute atomic E-state index is 0.0526.